The number of carbonyl (C=O) groups excluding carboxylic acids is 6. The van der Waals surface area contributed by atoms with Crippen LogP contribution < -0.4 is 37.6 Å². The number of aromatic amines is 1. The molecule has 1 aromatic heterocycles. The summed E-state index contributed by atoms with van der Waals surface area (Å²) in [6.45, 7) is 0.540. The van der Waals surface area contributed by atoms with Crippen LogP contribution in [0.2, 0.25) is 0 Å². The van der Waals surface area contributed by atoms with E-state index in [9.17, 15) is 48.9 Å². The Bertz CT molecular complexity index is 1810. The van der Waals surface area contributed by atoms with E-state index in [1.165, 1.54) is 24.3 Å². The topological polar surface area (TPSA) is 314 Å². The predicted molar refractivity (Wildman–Crippen MR) is 197 cm³/mol. The fourth-order valence-electron chi connectivity index (χ4n) is 5.43. The van der Waals surface area contributed by atoms with Crippen molar-refractivity contribution >= 4 is 52.3 Å². The number of phenols is 1. The fourth-order valence-corrected chi connectivity index (χ4v) is 5.43. The van der Waals surface area contributed by atoms with Gasteiger partial charge in [-0.15, -0.1) is 0 Å². The molecule has 2 aromatic carbocycles. The summed E-state index contributed by atoms with van der Waals surface area (Å²) in [5.41, 5.74) is 7.63. The third kappa shape index (κ3) is 13.7. The molecule has 0 aliphatic rings. The molecule has 0 fully saturated rings. The molecule has 0 saturated carbocycles. The number of carboxylic acids is 1. The van der Waals surface area contributed by atoms with Crippen molar-refractivity contribution < 1.29 is 54.0 Å². The SMILES string of the molecule is CC(C)C[C@H](NC(=O)[C@H](CO)NC(=O)CNC(=O)[C@H](Cc1ccc(O)cc1)NC(=O)[C@H](Cc1c[nH]c2ccccc12)NC(=O)[C@@H](N)CO)C(=O)NCC(=O)O. The van der Waals surface area contributed by atoms with E-state index in [1.54, 1.807) is 26.1 Å². The first-order chi connectivity index (χ1) is 26.1. The summed E-state index contributed by atoms with van der Waals surface area (Å²) < 4.78 is 0. The predicted octanol–water partition coefficient (Wildman–Crippen LogP) is -2.73. The number of hydrogen-bond donors (Lipinski definition) is 12. The molecule has 6 amide bonds. The van der Waals surface area contributed by atoms with Crippen LogP contribution in [-0.4, -0.2) is 123 Å². The molecule has 5 atom stereocenters. The van der Waals surface area contributed by atoms with Gasteiger partial charge >= 0.3 is 5.97 Å². The Morgan fingerprint density at radius 2 is 1.27 bits per heavy atom. The highest BCUT2D eigenvalue weighted by Crippen LogP contribution is 2.19. The number of aromatic nitrogens is 1. The van der Waals surface area contributed by atoms with Gasteiger partial charge in [0, 0.05) is 29.9 Å². The maximum atomic E-state index is 13.8. The van der Waals surface area contributed by atoms with Crippen LogP contribution in [0.3, 0.4) is 0 Å². The number of carbonyl (C=O) groups is 7. The molecule has 0 aliphatic carbocycles. The van der Waals surface area contributed by atoms with Gasteiger partial charge in [0.15, 0.2) is 0 Å². The number of aliphatic hydroxyl groups is 2. The number of phenolic OH excluding ortho intramolecular Hbond substituents is 1. The van der Waals surface area contributed by atoms with Crippen LogP contribution in [0.5, 0.6) is 5.75 Å². The smallest absolute Gasteiger partial charge is 0.322 e. The molecule has 298 valence electrons. The number of nitrogens with one attached hydrogen (secondary N) is 7. The summed E-state index contributed by atoms with van der Waals surface area (Å²) in [5.74, 6) is -6.56. The number of H-pyrrole nitrogens is 1. The van der Waals surface area contributed by atoms with Gasteiger partial charge in [-0.3, -0.25) is 33.6 Å². The monoisotopic (exact) mass is 768 g/mol. The van der Waals surface area contributed by atoms with Gasteiger partial charge in [0.05, 0.1) is 19.8 Å². The molecule has 0 saturated heterocycles. The van der Waals surface area contributed by atoms with E-state index in [1.807, 2.05) is 18.2 Å². The summed E-state index contributed by atoms with van der Waals surface area (Å²) >= 11 is 0. The Balaban J connectivity index is 1.75. The maximum absolute atomic E-state index is 13.8. The number of carboxylic acid groups (broad SMARTS) is 1. The Kier molecular flexibility index (Phi) is 16.6. The lowest BCUT2D eigenvalue weighted by Gasteiger charge is -2.24. The van der Waals surface area contributed by atoms with Crippen molar-refractivity contribution in [3.05, 3.63) is 65.9 Å². The molecular weight excluding hydrogens is 720 g/mol. The minimum Gasteiger partial charge on any atom is -0.508 e. The second kappa shape index (κ2) is 21.0. The average Bonchev–Trinajstić information content (AvgIpc) is 3.56. The molecule has 55 heavy (non-hydrogen) atoms. The summed E-state index contributed by atoms with van der Waals surface area (Å²) in [6.07, 6.45) is 1.61. The van der Waals surface area contributed by atoms with Crippen molar-refractivity contribution in [2.24, 2.45) is 11.7 Å². The van der Waals surface area contributed by atoms with E-state index < -0.39 is 97.9 Å². The highest BCUT2D eigenvalue weighted by Gasteiger charge is 2.31. The number of nitrogens with two attached hydrogens (primary N) is 1. The van der Waals surface area contributed by atoms with Gasteiger partial charge in [0.2, 0.25) is 35.4 Å². The Morgan fingerprint density at radius 3 is 1.91 bits per heavy atom. The molecule has 3 aromatic rings. The zero-order valence-electron chi connectivity index (χ0n) is 30.3. The van der Waals surface area contributed by atoms with Crippen LogP contribution in [0.15, 0.2) is 54.7 Å². The van der Waals surface area contributed by atoms with Crippen LogP contribution in [0.1, 0.15) is 31.4 Å². The minimum absolute atomic E-state index is 0.0421. The highest BCUT2D eigenvalue weighted by atomic mass is 16.4. The Hall–Kier alpha value is -6.05. The molecule has 13 N–H and O–H groups in total. The molecule has 1 heterocycles. The van der Waals surface area contributed by atoms with Gasteiger partial charge in [-0.05, 0) is 41.7 Å². The van der Waals surface area contributed by atoms with Gasteiger partial charge < -0.3 is 63.0 Å². The lowest BCUT2D eigenvalue weighted by atomic mass is 10.0. The first kappa shape index (κ1) is 43.4. The zero-order chi connectivity index (χ0) is 40.7. The van der Waals surface area contributed by atoms with Gasteiger partial charge in [-0.2, -0.15) is 0 Å². The van der Waals surface area contributed by atoms with E-state index >= 15 is 0 Å². The lowest BCUT2D eigenvalue weighted by molar-refractivity contribution is -0.138. The van der Waals surface area contributed by atoms with Gasteiger partial charge in [0.1, 0.15) is 42.5 Å². The summed E-state index contributed by atoms with van der Waals surface area (Å²) in [6, 6.07) is 6.32. The number of aliphatic carboxylic acids is 1. The fraction of sp³-hybridized carbons (Fsp3) is 0.417. The number of para-hydroxylation sites is 1. The second-order valence-corrected chi connectivity index (χ2v) is 13.2. The van der Waals surface area contributed by atoms with Gasteiger partial charge in [0.25, 0.3) is 0 Å². The molecular formula is C36H48N8O11. The Labute approximate surface area is 315 Å². The highest BCUT2D eigenvalue weighted by molar-refractivity contribution is 5.96. The minimum atomic E-state index is -1.56. The van der Waals surface area contributed by atoms with E-state index in [0.717, 1.165) is 10.9 Å². The van der Waals surface area contributed by atoms with Crippen molar-refractivity contribution in [3.8, 4) is 5.75 Å². The molecule has 0 unspecified atom stereocenters. The summed E-state index contributed by atoms with van der Waals surface area (Å²) in [7, 11) is 0. The number of aliphatic hydroxyl groups excluding tert-OH is 2. The normalized spacial score (nSPS) is 13.8. The first-order valence-corrected chi connectivity index (χ1v) is 17.4. The van der Waals surface area contributed by atoms with E-state index in [4.69, 9.17) is 10.8 Å². The zero-order valence-corrected chi connectivity index (χ0v) is 30.3. The largest absolute Gasteiger partial charge is 0.508 e. The molecule has 0 aliphatic heterocycles. The number of hydrogen-bond acceptors (Lipinski definition) is 11. The standard InChI is InChI=1S/C36H48N8O11/c1-19(2)11-26(33(52)40-16-31(49)50)43-36(55)29(18-46)41-30(48)15-39-34(53)27(12-20-7-9-22(47)10-8-20)44-35(54)28(42-32(51)24(37)17-45)13-21-14-38-25-6-4-3-5-23(21)25/h3-10,14,19,24,26-29,38,45-47H,11-13,15-18,37H2,1-2H3,(H,39,53)(H,40,52)(H,41,48)(H,42,51)(H,43,55)(H,44,54)(H,49,50)/t24-,26-,27-,28-,29-/m0/s1. The number of aromatic hydroxyl groups is 1. The van der Waals surface area contributed by atoms with Crippen LogP contribution >= 0.6 is 0 Å². The number of fused-ring (bicyclic) bond motifs is 1. The molecule has 3 rings (SSSR count). The molecule has 0 radical (unpaired) electrons. The number of amides is 6. The van der Waals surface area contributed by atoms with E-state index in [2.05, 4.69) is 36.9 Å². The molecule has 19 nitrogen and oxygen atoms in total. The van der Waals surface area contributed by atoms with Gasteiger partial charge in [-0.1, -0.05) is 44.2 Å². The van der Waals surface area contributed by atoms with Gasteiger partial charge in [-0.25, -0.2) is 0 Å². The quantitative estimate of drug-likeness (QED) is 0.0526. The first-order valence-electron chi connectivity index (χ1n) is 17.4. The second-order valence-electron chi connectivity index (χ2n) is 13.2. The van der Waals surface area contributed by atoms with Crippen LogP contribution in [0.4, 0.5) is 0 Å². The molecule has 0 bridgehead atoms. The van der Waals surface area contributed by atoms with Crippen LogP contribution in [-0.2, 0) is 46.4 Å². The van der Waals surface area contributed by atoms with E-state index in [0.29, 0.717) is 11.1 Å². The summed E-state index contributed by atoms with van der Waals surface area (Å²) in [4.78, 5) is 92.4. The van der Waals surface area contributed by atoms with Crippen molar-refractivity contribution in [2.75, 3.05) is 26.3 Å². The maximum Gasteiger partial charge on any atom is 0.322 e. The molecule has 19 heteroatoms. The molecule has 0 spiro atoms. The Morgan fingerprint density at radius 1 is 0.691 bits per heavy atom. The summed E-state index contributed by atoms with van der Waals surface area (Å²) in [5, 5.41) is 53.0. The van der Waals surface area contributed by atoms with Crippen LogP contribution in [0, 0.1) is 5.92 Å². The van der Waals surface area contributed by atoms with Crippen LogP contribution in [0.25, 0.3) is 10.9 Å². The number of rotatable bonds is 21. The van der Waals surface area contributed by atoms with Crippen molar-refractivity contribution in [3.63, 3.8) is 0 Å². The van der Waals surface area contributed by atoms with Crippen molar-refractivity contribution in [2.45, 2.75) is 63.3 Å². The van der Waals surface area contributed by atoms with Crippen molar-refractivity contribution in [1.82, 2.24) is 36.9 Å². The third-order valence-corrected chi connectivity index (χ3v) is 8.29. The third-order valence-electron chi connectivity index (χ3n) is 8.29. The lowest BCUT2D eigenvalue weighted by Crippen LogP contribution is -2.58. The van der Waals surface area contributed by atoms with E-state index in [-0.39, 0.29) is 30.9 Å². The number of benzene rings is 2. The van der Waals surface area contributed by atoms with Crippen molar-refractivity contribution in [1.29, 1.82) is 0 Å². The average molecular weight is 769 g/mol.